The van der Waals surface area contributed by atoms with Gasteiger partial charge in [-0.2, -0.15) is 0 Å². The lowest BCUT2D eigenvalue weighted by molar-refractivity contribution is -0.135. The van der Waals surface area contributed by atoms with E-state index in [1.165, 1.54) is 12.1 Å². The van der Waals surface area contributed by atoms with Crippen LogP contribution >= 0.6 is 0 Å². The van der Waals surface area contributed by atoms with Crippen molar-refractivity contribution in [2.75, 3.05) is 0 Å². The Balaban J connectivity index is 1.60. The second-order valence-electron chi connectivity index (χ2n) is 7.36. The van der Waals surface area contributed by atoms with E-state index in [-0.39, 0.29) is 23.5 Å². The van der Waals surface area contributed by atoms with Crippen LogP contribution in [0.15, 0.2) is 72.5 Å². The molecule has 0 spiro atoms. The number of ether oxygens (including phenoxy) is 2. The third-order valence-electron chi connectivity index (χ3n) is 5.44. The molecule has 0 fully saturated rings. The first kappa shape index (κ1) is 18.8. The summed E-state index contributed by atoms with van der Waals surface area (Å²) in [5.41, 5.74) is 2.75. The van der Waals surface area contributed by atoms with Crippen LogP contribution in [0.3, 0.4) is 0 Å². The van der Waals surface area contributed by atoms with E-state index in [1.807, 2.05) is 30.3 Å². The van der Waals surface area contributed by atoms with Crippen molar-refractivity contribution in [2.45, 2.75) is 12.3 Å². The van der Waals surface area contributed by atoms with Gasteiger partial charge in [0.1, 0.15) is 11.5 Å². The van der Waals surface area contributed by atoms with Crippen molar-refractivity contribution in [3.05, 3.63) is 100 Å². The molecule has 5 rings (SSSR count). The molecule has 0 saturated carbocycles. The SMILES string of the molecule is O=C1C[C@@H](c2ccc(C(=O)O)cc2)c2c(ccc3c2O/C(=C\c2ccccc2)C3=O)O1. The van der Waals surface area contributed by atoms with Gasteiger partial charge < -0.3 is 14.6 Å². The van der Waals surface area contributed by atoms with Gasteiger partial charge >= 0.3 is 11.9 Å². The van der Waals surface area contributed by atoms with Gasteiger partial charge in [-0.25, -0.2) is 4.79 Å². The molecule has 31 heavy (non-hydrogen) atoms. The van der Waals surface area contributed by atoms with Crippen molar-refractivity contribution in [2.24, 2.45) is 0 Å². The summed E-state index contributed by atoms with van der Waals surface area (Å²) in [7, 11) is 0. The predicted molar refractivity (Wildman–Crippen MR) is 111 cm³/mol. The molecule has 3 aromatic carbocycles. The third kappa shape index (κ3) is 3.28. The first-order valence-corrected chi connectivity index (χ1v) is 9.71. The number of hydrogen-bond donors (Lipinski definition) is 1. The van der Waals surface area contributed by atoms with Crippen molar-refractivity contribution >= 4 is 23.8 Å². The summed E-state index contributed by atoms with van der Waals surface area (Å²) in [6, 6.07) is 18.9. The number of hydrogen-bond acceptors (Lipinski definition) is 5. The molecule has 6 heteroatoms. The number of rotatable bonds is 3. The van der Waals surface area contributed by atoms with Crippen molar-refractivity contribution in [1.82, 2.24) is 0 Å². The summed E-state index contributed by atoms with van der Waals surface area (Å²) in [4.78, 5) is 36.3. The van der Waals surface area contributed by atoms with E-state index < -0.39 is 17.9 Å². The number of Topliss-reactive ketones (excluding diaryl/α,β-unsaturated/α-hetero) is 1. The van der Waals surface area contributed by atoms with Crippen LogP contribution < -0.4 is 9.47 Å². The maximum Gasteiger partial charge on any atom is 0.335 e. The van der Waals surface area contributed by atoms with Crippen LogP contribution in [0.2, 0.25) is 0 Å². The lowest BCUT2D eigenvalue weighted by Crippen LogP contribution is -2.21. The van der Waals surface area contributed by atoms with E-state index in [4.69, 9.17) is 14.6 Å². The minimum Gasteiger partial charge on any atom is -0.478 e. The van der Waals surface area contributed by atoms with Crippen molar-refractivity contribution in [3.63, 3.8) is 0 Å². The molecule has 0 unspecified atom stereocenters. The van der Waals surface area contributed by atoms with Crippen LogP contribution in [-0.2, 0) is 4.79 Å². The zero-order valence-electron chi connectivity index (χ0n) is 16.2. The van der Waals surface area contributed by atoms with Crippen LogP contribution in [0.4, 0.5) is 0 Å². The van der Waals surface area contributed by atoms with Crippen LogP contribution in [0.1, 0.15) is 49.7 Å². The summed E-state index contributed by atoms with van der Waals surface area (Å²) in [5.74, 6) is -1.16. The molecule has 0 aromatic heterocycles. The first-order chi connectivity index (χ1) is 15.0. The zero-order chi connectivity index (χ0) is 21.5. The summed E-state index contributed by atoms with van der Waals surface area (Å²) >= 11 is 0. The average molecular weight is 412 g/mol. The van der Waals surface area contributed by atoms with Crippen molar-refractivity contribution < 1.29 is 29.0 Å². The minimum absolute atomic E-state index is 0.0607. The van der Waals surface area contributed by atoms with Crippen LogP contribution in [-0.4, -0.2) is 22.8 Å². The Kier molecular flexibility index (Phi) is 4.40. The highest BCUT2D eigenvalue weighted by molar-refractivity contribution is 6.15. The van der Waals surface area contributed by atoms with Gasteiger partial charge in [0.15, 0.2) is 5.76 Å². The van der Waals surface area contributed by atoms with Gasteiger partial charge in [0.25, 0.3) is 0 Å². The molecule has 0 saturated heterocycles. The predicted octanol–water partition coefficient (Wildman–Crippen LogP) is 4.44. The third-order valence-corrected chi connectivity index (χ3v) is 5.44. The molecular weight excluding hydrogens is 396 g/mol. The van der Waals surface area contributed by atoms with Crippen molar-refractivity contribution in [3.8, 4) is 11.5 Å². The number of carbonyl (C=O) groups excluding carboxylic acids is 2. The van der Waals surface area contributed by atoms with Gasteiger partial charge in [0.05, 0.1) is 17.5 Å². The Labute approximate surface area is 177 Å². The molecule has 1 atom stereocenters. The van der Waals surface area contributed by atoms with Gasteiger partial charge in [0, 0.05) is 11.5 Å². The highest BCUT2D eigenvalue weighted by Crippen LogP contribution is 2.48. The Morgan fingerprint density at radius 2 is 1.68 bits per heavy atom. The Morgan fingerprint density at radius 3 is 2.39 bits per heavy atom. The molecule has 2 aliphatic heterocycles. The number of esters is 1. The highest BCUT2D eigenvalue weighted by Gasteiger charge is 2.38. The maximum atomic E-state index is 12.9. The monoisotopic (exact) mass is 412 g/mol. The van der Waals surface area contributed by atoms with E-state index in [1.54, 1.807) is 30.3 Å². The highest BCUT2D eigenvalue weighted by atomic mass is 16.5. The molecule has 2 aliphatic rings. The molecule has 1 N–H and O–H groups in total. The van der Waals surface area contributed by atoms with E-state index in [9.17, 15) is 14.4 Å². The second-order valence-corrected chi connectivity index (χ2v) is 7.36. The number of aromatic carboxylic acids is 1. The number of carboxylic acids is 1. The fraction of sp³-hybridized carbons (Fsp3) is 0.0800. The largest absolute Gasteiger partial charge is 0.478 e. The molecule has 0 aliphatic carbocycles. The van der Waals surface area contributed by atoms with Crippen LogP contribution in [0.5, 0.6) is 11.5 Å². The average Bonchev–Trinajstić information content (AvgIpc) is 3.09. The fourth-order valence-electron chi connectivity index (χ4n) is 3.95. The number of carboxylic acid groups (broad SMARTS) is 1. The number of ketones is 1. The fourth-order valence-corrected chi connectivity index (χ4v) is 3.95. The van der Waals surface area contributed by atoms with Crippen LogP contribution in [0, 0.1) is 0 Å². The van der Waals surface area contributed by atoms with E-state index in [0.717, 1.165) is 11.1 Å². The quantitative estimate of drug-likeness (QED) is 0.389. The Morgan fingerprint density at radius 1 is 0.935 bits per heavy atom. The number of benzene rings is 3. The van der Waals surface area contributed by atoms with E-state index in [0.29, 0.717) is 22.6 Å². The van der Waals surface area contributed by atoms with Crippen molar-refractivity contribution in [1.29, 1.82) is 0 Å². The lowest BCUT2D eigenvalue weighted by Gasteiger charge is -2.26. The smallest absolute Gasteiger partial charge is 0.335 e. The standard InChI is InChI=1S/C25H16O6/c26-21-13-18(15-6-8-16(9-7-15)25(28)29)22-19(30-21)11-10-17-23(27)20(31-24(17)22)12-14-4-2-1-3-5-14/h1-12,18H,13H2,(H,28,29)/b20-12-/t18-/m0/s1. The van der Waals surface area contributed by atoms with Crippen LogP contribution in [0.25, 0.3) is 6.08 Å². The zero-order valence-corrected chi connectivity index (χ0v) is 16.2. The normalized spacial score (nSPS) is 18.2. The number of fused-ring (bicyclic) bond motifs is 3. The topological polar surface area (TPSA) is 89.9 Å². The van der Waals surface area contributed by atoms with Gasteiger partial charge in [-0.15, -0.1) is 0 Å². The molecule has 0 bridgehead atoms. The maximum absolute atomic E-state index is 12.9. The lowest BCUT2D eigenvalue weighted by atomic mass is 9.84. The summed E-state index contributed by atoms with van der Waals surface area (Å²) in [6.07, 6.45) is 1.74. The minimum atomic E-state index is -1.03. The molecule has 152 valence electrons. The van der Waals surface area contributed by atoms with E-state index in [2.05, 4.69) is 0 Å². The molecule has 3 aromatic rings. The molecular formula is C25H16O6. The molecule has 2 heterocycles. The second kappa shape index (κ2) is 7.25. The van der Waals surface area contributed by atoms with Gasteiger partial charge in [-0.1, -0.05) is 42.5 Å². The summed E-state index contributed by atoms with van der Waals surface area (Å²) in [5, 5.41) is 9.15. The summed E-state index contributed by atoms with van der Waals surface area (Å²) < 4.78 is 11.4. The number of allylic oxidation sites excluding steroid dienone is 1. The molecule has 0 radical (unpaired) electrons. The van der Waals surface area contributed by atoms with E-state index >= 15 is 0 Å². The Bertz CT molecular complexity index is 1260. The van der Waals surface area contributed by atoms with Gasteiger partial charge in [0.2, 0.25) is 5.78 Å². The molecule has 0 amide bonds. The van der Waals surface area contributed by atoms with Gasteiger partial charge in [-0.3, -0.25) is 9.59 Å². The Hall–Kier alpha value is -4.19. The first-order valence-electron chi connectivity index (χ1n) is 9.71. The molecule has 6 nitrogen and oxygen atoms in total. The number of carbonyl (C=O) groups is 3. The van der Waals surface area contributed by atoms with Gasteiger partial charge in [-0.05, 0) is 41.5 Å². The summed E-state index contributed by atoms with van der Waals surface area (Å²) in [6.45, 7) is 0.